The van der Waals surface area contributed by atoms with E-state index in [0.29, 0.717) is 6.42 Å². The van der Waals surface area contributed by atoms with Crippen LogP contribution in [0.3, 0.4) is 0 Å². The van der Waals surface area contributed by atoms with Crippen LogP contribution in [0.25, 0.3) is 0 Å². The second kappa shape index (κ2) is 4.74. The average Bonchev–Trinajstić information content (AvgIpc) is 3.16. The van der Waals surface area contributed by atoms with Gasteiger partial charge in [0.15, 0.2) is 0 Å². The smallest absolute Gasteiger partial charge is 0.314 e. The molecule has 0 bridgehead atoms. The lowest BCUT2D eigenvalue weighted by molar-refractivity contribution is -0.140. The molecule has 0 radical (unpaired) electrons. The molecular formula is C17H15BrO2. The van der Waals surface area contributed by atoms with Crippen LogP contribution >= 0.6 is 15.9 Å². The SMILES string of the molecule is Cc1ccc([C@H]2C[C@]2(C(=O)O)c2cccc(Br)c2)cc1. The van der Waals surface area contributed by atoms with Gasteiger partial charge in [0.2, 0.25) is 0 Å². The summed E-state index contributed by atoms with van der Waals surface area (Å²) in [5.41, 5.74) is 2.42. The molecule has 0 spiro atoms. The lowest BCUT2D eigenvalue weighted by Gasteiger charge is -2.14. The van der Waals surface area contributed by atoms with E-state index in [-0.39, 0.29) is 5.92 Å². The van der Waals surface area contributed by atoms with E-state index in [1.165, 1.54) is 5.56 Å². The van der Waals surface area contributed by atoms with Crippen molar-refractivity contribution < 1.29 is 9.90 Å². The number of aryl methyl sites for hydroxylation is 1. The van der Waals surface area contributed by atoms with E-state index in [9.17, 15) is 9.90 Å². The molecule has 2 aromatic carbocycles. The first-order chi connectivity index (χ1) is 9.54. The number of carboxylic acids is 1. The highest BCUT2D eigenvalue weighted by Gasteiger charge is 2.62. The normalized spacial score (nSPS) is 24.4. The maximum absolute atomic E-state index is 11.8. The Kier molecular flexibility index (Phi) is 3.17. The van der Waals surface area contributed by atoms with E-state index in [0.717, 1.165) is 15.6 Å². The molecule has 1 aliphatic carbocycles. The van der Waals surface area contributed by atoms with E-state index < -0.39 is 11.4 Å². The monoisotopic (exact) mass is 330 g/mol. The van der Waals surface area contributed by atoms with Crippen molar-refractivity contribution in [2.45, 2.75) is 24.7 Å². The lowest BCUT2D eigenvalue weighted by atomic mass is 9.90. The van der Waals surface area contributed by atoms with Gasteiger partial charge >= 0.3 is 5.97 Å². The third-order valence-electron chi connectivity index (χ3n) is 4.16. The number of halogens is 1. The molecule has 1 N–H and O–H groups in total. The van der Waals surface area contributed by atoms with Crippen molar-refractivity contribution in [1.29, 1.82) is 0 Å². The molecular weight excluding hydrogens is 316 g/mol. The van der Waals surface area contributed by atoms with Crippen LogP contribution in [0, 0.1) is 6.92 Å². The van der Waals surface area contributed by atoms with Gasteiger partial charge in [-0.2, -0.15) is 0 Å². The van der Waals surface area contributed by atoms with Crippen LogP contribution in [0.5, 0.6) is 0 Å². The van der Waals surface area contributed by atoms with E-state index in [1.807, 2.05) is 55.5 Å². The van der Waals surface area contributed by atoms with Gasteiger partial charge in [0.25, 0.3) is 0 Å². The molecule has 0 unspecified atom stereocenters. The summed E-state index contributed by atoms with van der Waals surface area (Å²) in [6.07, 6.45) is 0.668. The molecule has 20 heavy (non-hydrogen) atoms. The van der Waals surface area contributed by atoms with E-state index in [1.54, 1.807) is 0 Å². The van der Waals surface area contributed by atoms with E-state index in [2.05, 4.69) is 15.9 Å². The van der Waals surface area contributed by atoms with E-state index in [4.69, 9.17) is 0 Å². The van der Waals surface area contributed by atoms with Crippen LogP contribution in [0.4, 0.5) is 0 Å². The van der Waals surface area contributed by atoms with Crippen LogP contribution in [-0.4, -0.2) is 11.1 Å². The topological polar surface area (TPSA) is 37.3 Å². The minimum absolute atomic E-state index is 0.0647. The minimum atomic E-state index is -0.765. The summed E-state index contributed by atoms with van der Waals surface area (Å²) in [5, 5.41) is 9.72. The zero-order chi connectivity index (χ0) is 14.3. The Morgan fingerprint density at radius 2 is 1.95 bits per heavy atom. The molecule has 0 saturated heterocycles. The standard InChI is InChI=1S/C17H15BrO2/c1-11-5-7-12(8-6-11)15-10-17(15,16(19)20)13-3-2-4-14(18)9-13/h2-9,15H,10H2,1H3,(H,19,20)/t15-,17+/m1/s1. The fourth-order valence-electron chi connectivity index (χ4n) is 2.91. The highest BCUT2D eigenvalue weighted by atomic mass is 79.9. The first kappa shape index (κ1) is 13.4. The van der Waals surface area contributed by atoms with Crippen molar-refractivity contribution in [3.05, 3.63) is 69.7 Å². The molecule has 3 heteroatoms. The molecule has 2 aromatic rings. The summed E-state index contributed by atoms with van der Waals surface area (Å²) < 4.78 is 0.921. The molecule has 102 valence electrons. The van der Waals surface area contributed by atoms with Crippen molar-refractivity contribution >= 4 is 21.9 Å². The Morgan fingerprint density at radius 1 is 1.25 bits per heavy atom. The summed E-state index contributed by atoms with van der Waals surface area (Å²) >= 11 is 3.42. The van der Waals surface area contributed by atoms with Crippen molar-refractivity contribution in [2.24, 2.45) is 0 Å². The first-order valence-electron chi connectivity index (χ1n) is 6.60. The number of aliphatic carboxylic acids is 1. The second-order valence-corrected chi connectivity index (χ2v) is 6.37. The Balaban J connectivity index is 2.01. The molecule has 3 rings (SSSR count). The molecule has 1 fully saturated rings. The highest BCUT2D eigenvalue weighted by Crippen LogP contribution is 2.60. The van der Waals surface area contributed by atoms with Gasteiger partial charge in [0.1, 0.15) is 5.41 Å². The largest absolute Gasteiger partial charge is 0.481 e. The third kappa shape index (κ3) is 2.06. The Labute approximate surface area is 126 Å². The predicted octanol–water partition coefficient (Wildman–Crippen LogP) is 4.27. The number of carbonyl (C=O) groups is 1. The van der Waals surface area contributed by atoms with Gasteiger partial charge < -0.3 is 5.11 Å². The van der Waals surface area contributed by atoms with Gasteiger partial charge in [-0.05, 0) is 36.6 Å². The zero-order valence-electron chi connectivity index (χ0n) is 11.1. The van der Waals surface area contributed by atoms with Crippen LogP contribution in [-0.2, 0) is 10.2 Å². The molecule has 0 amide bonds. The zero-order valence-corrected chi connectivity index (χ0v) is 12.7. The van der Waals surface area contributed by atoms with Crippen molar-refractivity contribution in [3.8, 4) is 0 Å². The summed E-state index contributed by atoms with van der Waals surface area (Å²) in [7, 11) is 0. The quantitative estimate of drug-likeness (QED) is 0.912. The molecule has 0 heterocycles. The Bertz CT molecular complexity index is 663. The third-order valence-corrected chi connectivity index (χ3v) is 4.66. The minimum Gasteiger partial charge on any atom is -0.481 e. The summed E-state index contributed by atoms with van der Waals surface area (Å²) in [4.78, 5) is 11.8. The number of hydrogen-bond acceptors (Lipinski definition) is 1. The average molecular weight is 331 g/mol. The number of rotatable bonds is 3. The predicted molar refractivity (Wildman–Crippen MR) is 82.0 cm³/mol. The molecule has 2 atom stereocenters. The van der Waals surface area contributed by atoms with E-state index >= 15 is 0 Å². The summed E-state index contributed by atoms with van der Waals surface area (Å²) in [5.74, 6) is -0.670. The molecule has 0 aliphatic heterocycles. The Morgan fingerprint density at radius 3 is 2.55 bits per heavy atom. The summed E-state index contributed by atoms with van der Waals surface area (Å²) in [6, 6.07) is 15.8. The van der Waals surface area contributed by atoms with Gasteiger partial charge in [0, 0.05) is 10.4 Å². The van der Waals surface area contributed by atoms with Crippen LogP contribution in [0.2, 0.25) is 0 Å². The van der Waals surface area contributed by atoms with Crippen LogP contribution in [0.1, 0.15) is 29.0 Å². The second-order valence-electron chi connectivity index (χ2n) is 5.45. The first-order valence-corrected chi connectivity index (χ1v) is 7.39. The highest BCUT2D eigenvalue weighted by molar-refractivity contribution is 9.10. The van der Waals surface area contributed by atoms with Crippen LogP contribution in [0.15, 0.2) is 53.0 Å². The van der Waals surface area contributed by atoms with Gasteiger partial charge in [-0.3, -0.25) is 4.79 Å². The van der Waals surface area contributed by atoms with Crippen molar-refractivity contribution in [1.82, 2.24) is 0 Å². The number of hydrogen-bond donors (Lipinski definition) is 1. The van der Waals surface area contributed by atoms with Crippen molar-refractivity contribution in [3.63, 3.8) is 0 Å². The molecule has 1 aliphatic rings. The van der Waals surface area contributed by atoms with Gasteiger partial charge in [-0.1, -0.05) is 57.9 Å². The van der Waals surface area contributed by atoms with Gasteiger partial charge in [-0.15, -0.1) is 0 Å². The Hall–Kier alpha value is -1.61. The fraction of sp³-hybridized carbons (Fsp3) is 0.235. The maximum Gasteiger partial charge on any atom is 0.314 e. The summed E-state index contributed by atoms with van der Waals surface area (Å²) in [6.45, 7) is 2.04. The lowest BCUT2D eigenvalue weighted by Crippen LogP contribution is -2.22. The molecule has 0 aromatic heterocycles. The maximum atomic E-state index is 11.8. The fourth-order valence-corrected chi connectivity index (χ4v) is 3.31. The number of benzene rings is 2. The van der Waals surface area contributed by atoms with Crippen molar-refractivity contribution in [2.75, 3.05) is 0 Å². The molecule has 2 nitrogen and oxygen atoms in total. The van der Waals surface area contributed by atoms with Crippen LogP contribution < -0.4 is 0 Å². The van der Waals surface area contributed by atoms with Gasteiger partial charge in [-0.25, -0.2) is 0 Å². The number of carboxylic acid groups (broad SMARTS) is 1. The molecule has 1 saturated carbocycles. The van der Waals surface area contributed by atoms with Gasteiger partial charge in [0.05, 0.1) is 0 Å².